The molecule has 5 rings (SSSR count). The second kappa shape index (κ2) is 12.9. The molecule has 0 saturated heterocycles. The third-order valence-corrected chi connectivity index (χ3v) is 4.00. The molecule has 4 aromatic carbocycles. The number of carbonyl (C=O) groups excluding carboxylic acids is 1. The van der Waals surface area contributed by atoms with E-state index in [0.717, 1.165) is 6.42 Å². The first-order chi connectivity index (χ1) is 12.9. The van der Waals surface area contributed by atoms with Gasteiger partial charge < -0.3 is 12.2 Å². The van der Waals surface area contributed by atoms with Gasteiger partial charge in [-0.3, -0.25) is 6.08 Å². The van der Waals surface area contributed by atoms with E-state index >= 15 is 0 Å². The first-order valence-corrected chi connectivity index (χ1v) is 8.56. The second-order valence-electron chi connectivity index (χ2n) is 5.79. The molecule has 28 heavy (non-hydrogen) atoms. The topological polar surface area (TPSA) is 17.1 Å². The standard InChI is InChI=1S/C13H9.C7H5O.C5H5.CH3.Zr/c1-3-7-12-10(5-1)9-11-6-2-4-8-13(11)12;8-6-7-4-2-1-3-5-7;1-2-4-5-3-1;;/h1-9H;1-5H;1-3H,4H2;1H3;/q4*-1;+4. The van der Waals surface area contributed by atoms with Crippen molar-refractivity contribution in [3.8, 4) is 0 Å². The molecule has 0 aromatic heterocycles. The summed E-state index contributed by atoms with van der Waals surface area (Å²) in [6, 6.07) is 28.2. The van der Waals surface area contributed by atoms with Crippen LogP contribution in [0.4, 0.5) is 0 Å². The Morgan fingerprint density at radius 1 is 0.786 bits per heavy atom. The first-order valence-electron chi connectivity index (χ1n) is 8.56. The molecule has 0 bridgehead atoms. The minimum absolute atomic E-state index is 0. The summed E-state index contributed by atoms with van der Waals surface area (Å²) in [6.07, 6.45) is 11.8. The van der Waals surface area contributed by atoms with E-state index in [1.165, 1.54) is 21.5 Å². The van der Waals surface area contributed by atoms with Gasteiger partial charge in [-0.1, -0.05) is 42.5 Å². The number of benzene rings is 3. The molecule has 0 amide bonds. The first kappa shape index (κ1) is 23.6. The molecular weight excluding hydrogens is 420 g/mol. The zero-order valence-electron chi connectivity index (χ0n) is 15.9. The summed E-state index contributed by atoms with van der Waals surface area (Å²) in [7, 11) is 0. The van der Waals surface area contributed by atoms with Crippen LogP contribution in [-0.4, -0.2) is 6.29 Å². The molecule has 1 aliphatic carbocycles. The maximum Gasteiger partial charge on any atom is 4.00 e. The van der Waals surface area contributed by atoms with Crippen molar-refractivity contribution in [3.05, 3.63) is 122 Å². The van der Waals surface area contributed by atoms with Crippen LogP contribution in [0.1, 0.15) is 12.0 Å². The molecule has 0 atom stereocenters. The van der Waals surface area contributed by atoms with Gasteiger partial charge in [0.1, 0.15) is 0 Å². The maximum absolute atomic E-state index is 9.88. The Kier molecular flexibility index (Phi) is 10.8. The van der Waals surface area contributed by atoms with E-state index in [4.69, 9.17) is 0 Å². The number of hydrogen-bond donors (Lipinski definition) is 0. The largest absolute Gasteiger partial charge is 4.00 e. The minimum atomic E-state index is 0. The van der Waals surface area contributed by atoms with Gasteiger partial charge in [-0.25, -0.2) is 12.2 Å². The summed E-state index contributed by atoms with van der Waals surface area (Å²) in [4.78, 5) is 9.88. The molecular formula is C26H22OZr. The van der Waals surface area contributed by atoms with E-state index in [1.54, 1.807) is 30.6 Å². The van der Waals surface area contributed by atoms with Gasteiger partial charge in [-0.15, -0.1) is 58.3 Å². The van der Waals surface area contributed by atoms with Gasteiger partial charge >= 0.3 is 26.2 Å². The molecule has 1 aliphatic rings. The molecule has 136 valence electrons. The molecule has 1 nitrogen and oxygen atoms in total. The average molecular weight is 442 g/mol. The van der Waals surface area contributed by atoms with Crippen molar-refractivity contribution in [2.75, 3.05) is 0 Å². The van der Waals surface area contributed by atoms with Crippen LogP contribution in [0.15, 0.2) is 103 Å². The molecule has 0 heterocycles. The molecule has 0 fully saturated rings. The fourth-order valence-corrected chi connectivity index (χ4v) is 2.75. The predicted octanol–water partition coefficient (Wildman–Crippen LogP) is 6.61. The quantitative estimate of drug-likeness (QED) is 0.304. The van der Waals surface area contributed by atoms with Gasteiger partial charge in [0, 0.05) is 0 Å². The van der Waals surface area contributed by atoms with E-state index in [0.29, 0.717) is 5.56 Å². The zero-order chi connectivity index (χ0) is 18.0. The molecule has 4 aromatic rings. The van der Waals surface area contributed by atoms with Crippen molar-refractivity contribution in [1.82, 2.24) is 0 Å². The Balaban J connectivity index is 0.000000226. The Labute approximate surface area is 186 Å². The van der Waals surface area contributed by atoms with E-state index in [-0.39, 0.29) is 33.6 Å². The van der Waals surface area contributed by atoms with Crippen molar-refractivity contribution in [2.45, 2.75) is 6.42 Å². The van der Waals surface area contributed by atoms with Gasteiger partial charge in [0.25, 0.3) is 0 Å². The fraction of sp³-hybridized carbons (Fsp3) is 0.0385. The van der Waals surface area contributed by atoms with Crippen LogP contribution in [0, 0.1) is 13.5 Å². The second-order valence-corrected chi connectivity index (χ2v) is 5.79. The number of fused-ring (bicyclic) bond motifs is 3. The Hall–Kier alpha value is -2.44. The summed E-state index contributed by atoms with van der Waals surface area (Å²) in [5.74, 6) is 0. The van der Waals surface area contributed by atoms with Crippen molar-refractivity contribution in [3.63, 3.8) is 0 Å². The Morgan fingerprint density at radius 3 is 1.71 bits per heavy atom. The predicted molar refractivity (Wildman–Crippen MR) is 116 cm³/mol. The van der Waals surface area contributed by atoms with E-state index in [9.17, 15) is 4.79 Å². The molecule has 0 saturated carbocycles. The molecule has 0 aliphatic heterocycles. The number of rotatable bonds is 1. The van der Waals surface area contributed by atoms with E-state index in [1.807, 2.05) is 18.2 Å². The number of allylic oxidation sites excluding steroid dienone is 4. The van der Waals surface area contributed by atoms with Gasteiger partial charge in [0.15, 0.2) is 0 Å². The summed E-state index contributed by atoms with van der Waals surface area (Å²) in [6.45, 7) is 0. The summed E-state index contributed by atoms with van der Waals surface area (Å²) in [5, 5.41) is 5.39. The summed E-state index contributed by atoms with van der Waals surface area (Å²) in [5.41, 5.74) is 0.604. The monoisotopic (exact) mass is 440 g/mol. The van der Waals surface area contributed by atoms with Crippen molar-refractivity contribution in [1.29, 1.82) is 0 Å². The van der Waals surface area contributed by atoms with Crippen LogP contribution >= 0.6 is 0 Å². The van der Waals surface area contributed by atoms with Gasteiger partial charge in [-0.05, 0) is 0 Å². The van der Waals surface area contributed by atoms with Gasteiger partial charge in [-0.2, -0.15) is 23.8 Å². The van der Waals surface area contributed by atoms with E-state index in [2.05, 4.69) is 66.7 Å². The fourth-order valence-electron chi connectivity index (χ4n) is 2.75. The number of hydrogen-bond acceptors (Lipinski definition) is 1. The van der Waals surface area contributed by atoms with Crippen LogP contribution in [0.3, 0.4) is 0 Å². The molecule has 0 spiro atoms. The molecule has 0 N–H and O–H groups in total. The smallest absolute Gasteiger partial charge is 0.376 e. The van der Waals surface area contributed by atoms with Crippen LogP contribution in [0.5, 0.6) is 0 Å². The Bertz CT molecular complexity index is 966. The minimum Gasteiger partial charge on any atom is -0.376 e. The third-order valence-electron chi connectivity index (χ3n) is 4.00. The SMILES string of the molecule is O=[C-]c1ccccc1.[C-]1=CC=CC1.[CH3-].[Zr+4].c1ccc2c(c1)[cH-]c1ccccc12. The third kappa shape index (κ3) is 6.62. The summed E-state index contributed by atoms with van der Waals surface area (Å²) < 4.78 is 0. The molecule has 0 radical (unpaired) electrons. The van der Waals surface area contributed by atoms with Crippen molar-refractivity contribution >= 4 is 27.8 Å². The van der Waals surface area contributed by atoms with Crippen LogP contribution in [0.2, 0.25) is 0 Å². The van der Waals surface area contributed by atoms with Crippen molar-refractivity contribution < 1.29 is 31.0 Å². The summed E-state index contributed by atoms with van der Waals surface area (Å²) >= 11 is 0. The molecule has 2 heteroatoms. The van der Waals surface area contributed by atoms with Crippen molar-refractivity contribution in [2.24, 2.45) is 0 Å². The van der Waals surface area contributed by atoms with Gasteiger partial charge in [0.05, 0.1) is 6.29 Å². The van der Waals surface area contributed by atoms with Crippen LogP contribution in [-0.2, 0) is 31.0 Å². The van der Waals surface area contributed by atoms with Crippen LogP contribution in [0.25, 0.3) is 21.5 Å². The van der Waals surface area contributed by atoms with Crippen LogP contribution < -0.4 is 0 Å². The normalized spacial score (nSPS) is 10.7. The maximum atomic E-state index is 9.88. The average Bonchev–Trinajstić information content (AvgIpc) is 3.40. The van der Waals surface area contributed by atoms with E-state index < -0.39 is 0 Å². The Morgan fingerprint density at radius 2 is 1.32 bits per heavy atom. The molecule has 0 unspecified atom stereocenters. The van der Waals surface area contributed by atoms with Gasteiger partial charge in [0.2, 0.25) is 0 Å². The zero-order valence-corrected chi connectivity index (χ0v) is 18.4.